The van der Waals surface area contributed by atoms with Gasteiger partial charge in [-0.25, -0.2) is 14.7 Å². The fourth-order valence-corrected chi connectivity index (χ4v) is 4.30. The fraction of sp³-hybridized carbons (Fsp3) is 0.750. The molecule has 4 aliphatic rings. The molecule has 1 saturated carbocycles. The Morgan fingerprint density at radius 2 is 2.10 bits per heavy atom. The van der Waals surface area contributed by atoms with Crippen LogP contribution in [0.2, 0.25) is 0 Å². The van der Waals surface area contributed by atoms with Crippen molar-refractivity contribution in [2.75, 3.05) is 6.61 Å². The smallest absolute Gasteiger partial charge is 0.345 e. The van der Waals surface area contributed by atoms with E-state index in [0.29, 0.717) is 6.61 Å². The Kier molecular flexibility index (Phi) is 3.17. The van der Waals surface area contributed by atoms with E-state index in [1.807, 2.05) is 12.2 Å². The Labute approximate surface area is 125 Å². The van der Waals surface area contributed by atoms with E-state index in [4.69, 9.17) is 9.57 Å². The molecule has 2 aliphatic heterocycles. The molecule has 0 aromatic carbocycles. The van der Waals surface area contributed by atoms with Gasteiger partial charge in [0.25, 0.3) is 0 Å². The van der Waals surface area contributed by atoms with Gasteiger partial charge in [-0.05, 0) is 37.2 Å². The summed E-state index contributed by atoms with van der Waals surface area (Å²) in [4.78, 5) is 30.3. The number of carbonyl (C=O) groups excluding carboxylic acids is 2. The third-order valence-corrected chi connectivity index (χ3v) is 5.03. The van der Waals surface area contributed by atoms with Gasteiger partial charge >= 0.3 is 5.97 Å². The zero-order valence-electron chi connectivity index (χ0n) is 13.1. The van der Waals surface area contributed by atoms with Crippen molar-refractivity contribution < 1.29 is 19.2 Å². The number of fused-ring (bicyclic) bond motifs is 1. The quantitative estimate of drug-likeness (QED) is 0.578. The summed E-state index contributed by atoms with van der Waals surface area (Å²) in [6.07, 6.45) is 5.66. The van der Waals surface area contributed by atoms with Crippen LogP contribution >= 0.6 is 0 Å². The lowest BCUT2D eigenvalue weighted by atomic mass is 9.70. The standard InChI is InChI=1S/C16H23NO4/c1-5-20-14(19)16-7-6-13(17(21-16)10(2)18)11-8-15(3,4)9-12(11)16/h6-7,11-13H,5,8-9H2,1-4H3/t11-,12+,13+,16-/m1/s1. The molecule has 0 aromatic heterocycles. The summed E-state index contributed by atoms with van der Waals surface area (Å²) in [5, 5.41) is 1.37. The molecule has 2 aliphatic carbocycles. The highest BCUT2D eigenvalue weighted by molar-refractivity contribution is 5.85. The van der Waals surface area contributed by atoms with Crippen LogP contribution in [0.1, 0.15) is 40.5 Å². The van der Waals surface area contributed by atoms with Crippen molar-refractivity contribution in [3.05, 3.63) is 12.2 Å². The summed E-state index contributed by atoms with van der Waals surface area (Å²) in [5.41, 5.74) is -0.984. The number of hydrogen-bond donors (Lipinski definition) is 0. The van der Waals surface area contributed by atoms with E-state index in [1.54, 1.807) is 6.92 Å². The SMILES string of the molecule is CCOC(=O)[C@@]12C=C[C@@H]([C@@H]3CC(C)(C)C[C@@H]31)N(C(C)=O)O2. The fourth-order valence-electron chi connectivity index (χ4n) is 4.30. The van der Waals surface area contributed by atoms with E-state index in [-0.39, 0.29) is 35.2 Å². The number of amides is 1. The molecule has 0 unspecified atom stereocenters. The van der Waals surface area contributed by atoms with Gasteiger partial charge < -0.3 is 4.74 Å². The van der Waals surface area contributed by atoms with E-state index >= 15 is 0 Å². The molecule has 116 valence electrons. The summed E-state index contributed by atoms with van der Waals surface area (Å²) in [7, 11) is 0. The monoisotopic (exact) mass is 293 g/mol. The zero-order valence-corrected chi connectivity index (χ0v) is 13.1. The second-order valence-corrected chi connectivity index (χ2v) is 7.14. The predicted molar refractivity (Wildman–Crippen MR) is 75.9 cm³/mol. The molecule has 0 aromatic rings. The van der Waals surface area contributed by atoms with Crippen LogP contribution in [-0.2, 0) is 19.2 Å². The third kappa shape index (κ3) is 2.01. The van der Waals surface area contributed by atoms with Gasteiger partial charge in [0, 0.05) is 12.8 Å². The van der Waals surface area contributed by atoms with Gasteiger partial charge in [0.15, 0.2) is 0 Å². The molecule has 4 rings (SSSR count). The molecule has 2 heterocycles. The molecule has 0 spiro atoms. The first kappa shape index (κ1) is 14.6. The first-order valence-corrected chi connectivity index (χ1v) is 7.66. The van der Waals surface area contributed by atoms with Gasteiger partial charge in [0.1, 0.15) is 0 Å². The third-order valence-electron chi connectivity index (χ3n) is 5.03. The molecule has 2 bridgehead atoms. The number of ether oxygens (including phenoxy) is 1. The van der Waals surface area contributed by atoms with Gasteiger partial charge in [0.2, 0.25) is 11.5 Å². The van der Waals surface area contributed by atoms with Crippen molar-refractivity contribution in [3.63, 3.8) is 0 Å². The summed E-state index contributed by atoms with van der Waals surface area (Å²) in [6, 6.07) is -0.0643. The van der Waals surface area contributed by atoms with Crippen molar-refractivity contribution in [1.29, 1.82) is 0 Å². The summed E-state index contributed by atoms with van der Waals surface area (Å²) < 4.78 is 5.25. The van der Waals surface area contributed by atoms with Crippen LogP contribution in [0.15, 0.2) is 12.2 Å². The lowest BCUT2D eigenvalue weighted by Crippen LogP contribution is -2.65. The maximum Gasteiger partial charge on any atom is 0.345 e. The molecular weight excluding hydrogens is 270 g/mol. The first-order chi connectivity index (χ1) is 9.81. The maximum absolute atomic E-state index is 12.6. The lowest BCUT2D eigenvalue weighted by Gasteiger charge is -2.52. The summed E-state index contributed by atoms with van der Waals surface area (Å²) in [6.45, 7) is 7.99. The molecule has 2 fully saturated rings. The van der Waals surface area contributed by atoms with Gasteiger partial charge in [-0.2, -0.15) is 0 Å². The largest absolute Gasteiger partial charge is 0.464 e. The maximum atomic E-state index is 12.6. The van der Waals surface area contributed by atoms with Crippen LogP contribution in [0.5, 0.6) is 0 Å². The Balaban J connectivity index is 2.03. The minimum Gasteiger partial charge on any atom is -0.464 e. The normalized spacial score (nSPS) is 39.2. The average molecular weight is 293 g/mol. The van der Waals surface area contributed by atoms with E-state index in [0.717, 1.165) is 12.8 Å². The van der Waals surface area contributed by atoms with Crippen molar-refractivity contribution in [3.8, 4) is 0 Å². The molecular formula is C16H23NO4. The zero-order chi connectivity index (χ0) is 15.4. The number of rotatable bonds is 2. The van der Waals surface area contributed by atoms with Crippen LogP contribution in [0.4, 0.5) is 0 Å². The number of hydrogen-bond acceptors (Lipinski definition) is 4. The van der Waals surface area contributed by atoms with Gasteiger partial charge in [0.05, 0.1) is 12.6 Å². The van der Waals surface area contributed by atoms with Crippen molar-refractivity contribution in [2.45, 2.75) is 52.2 Å². The number of nitrogens with zero attached hydrogens (tertiary/aromatic N) is 1. The van der Waals surface area contributed by atoms with Crippen molar-refractivity contribution in [2.24, 2.45) is 17.3 Å². The highest BCUT2D eigenvalue weighted by Crippen LogP contribution is 2.58. The van der Waals surface area contributed by atoms with Crippen LogP contribution in [0, 0.1) is 17.3 Å². The number of hydroxylamine groups is 2. The second kappa shape index (κ2) is 4.57. The summed E-state index contributed by atoms with van der Waals surface area (Å²) in [5.74, 6) is -0.205. The van der Waals surface area contributed by atoms with Gasteiger partial charge in [-0.3, -0.25) is 4.79 Å². The Hall–Kier alpha value is -1.36. The van der Waals surface area contributed by atoms with E-state index in [1.165, 1.54) is 12.0 Å². The van der Waals surface area contributed by atoms with Crippen molar-refractivity contribution >= 4 is 11.9 Å². The molecule has 1 amide bonds. The van der Waals surface area contributed by atoms with Crippen LogP contribution in [-0.4, -0.2) is 35.2 Å². The summed E-state index contributed by atoms with van der Waals surface area (Å²) >= 11 is 0. The molecule has 5 nitrogen and oxygen atoms in total. The molecule has 1 saturated heterocycles. The lowest BCUT2D eigenvalue weighted by molar-refractivity contribution is -0.292. The van der Waals surface area contributed by atoms with E-state index < -0.39 is 5.60 Å². The molecule has 0 radical (unpaired) electrons. The topological polar surface area (TPSA) is 55.8 Å². The minimum atomic E-state index is -1.13. The van der Waals surface area contributed by atoms with Gasteiger partial charge in [-0.1, -0.05) is 19.9 Å². The molecule has 21 heavy (non-hydrogen) atoms. The first-order valence-electron chi connectivity index (χ1n) is 7.66. The number of esters is 1. The predicted octanol–water partition coefficient (Wildman–Crippen LogP) is 2.07. The highest BCUT2D eigenvalue weighted by Gasteiger charge is 2.64. The van der Waals surface area contributed by atoms with E-state index in [9.17, 15) is 9.59 Å². The van der Waals surface area contributed by atoms with Crippen molar-refractivity contribution in [1.82, 2.24) is 5.06 Å². The van der Waals surface area contributed by atoms with E-state index in [2.05, 4.69) is 13.8 Å². The van der Waals surface area contributed by atoms with Gasteiger partial charge in [-0.15, -0.1) is 0 Å². The van der Waals surface area contributed by atoms with Crippen LogP contribution < -0.4 is 0 Å². The Bertz CT molecular complexity index is 512. The van der Waals surface area contributed by atoms with Crippen LogP contribution in [0.3, 0.4) is 0 Å². The molecule has 4 atom stereocenters. The second-order valence-electron chi connectivity index (χ2n) is 7.14. The molecule has 0 N–H and O–H groups in total. The minimum absolute atomic E-state index is 0.0643. The Morgan fingerprint density at radius 3 is 2.71 bits per heavy atom. The molecule has 5 heteroatoms. The average Bonchev–Trinajstić information content (AvgIpc) is 2.76. The Morgan fingerprint density at radius 1 is 1.38 bits per heavy atom. The highest BCUT2D eigenvalue weighted by atomic mass is 16.7. The van der Waals surface area contributed by atoms with Crippen LogP contribution in [0.25, 0.3) is 0 Å². The number of carbonyl (C=O) groups is 2.